The van der Waals surface area contributed by atoms with Gasteiger partial charge in [0.2, 0.25) is 94.5 Å². The van der Waals surface area contributed by atoms with Crippen LogP contribution in [0.3, 0.4) is 0 Å². The summed E-state index contributed by atoms with van der Waals surface area (Å²) >= 11 is 0. The van der Waals surface area contributed by atoms with Crippen LogP contribution in [-0.2, 0) is 118 Å². The number of benzene rings is 6. The Hall–Kier alpha value is -15.9. The molecule has 44 heteroatoms. The molecule has 44 nitrogen and oxygen atoms in total. The lowest BCUT2D eigenvalue weighted by Crippen LogP contribution is -2.62. The fraction of sp³-hybridized carbons (Fsp3) is 0.462. The first-order valence-corrected chi connectivity index (χ1v) is 49.9. The van der Waals surface area contributed by atoms with Gasteiger partial charge in [-0.15, -0.1) is 0 Å². The molecule has 0 heterocycles. The Morgan fingerprint density at radius 2 is 0.733 bits per heavy atom. The summed E-state index contributed by atoms with van der Waals surface area (Å²) in [6.45, 7) is 13.7. The lowest BCUT2D eigenvalue weighted by atomic mass is 9.84. The predicted molar refractivity (Wildman–Crippen MR) is 548 cm³/mol. The lowest BCUT2D eigenvalue weighted by Gasteiger charge is -2.32. The van der Waals surface area contributed by atoms with E-state index in [1.165, 1.54) is 108 Å². The zero-order valence-electron chi connectivity index (χ0n) is 85.7. The molecule has 810 valence electrons. The highest BCUT2D eigenvalue weighted by Gasteiger charge is 2.42. The van der Waals surface area contributed by atoms with E-state index in [1.807, 2.05) is 30.3 Å². The number of hydrogen-bond acceptors (Lipinski definition) is 23. The Morgan fingerprint density at radius 3 is 1.17 bits per heavy atom. The molecule has 0 aromatic heterocycles. The minimum atomic E-state index is -2.06. The van der Waals surface area contributed by atoms with Crippen LogP contribution in [0.4, 0.5) is 0 Å². The van der Waals surface area contributed by atoms with Crippen LogP contribution in [-0.4, -0.2) is 266 Å². The standard InChI is InChI=1S/C106H140N18O26/c1-11-73(92(133)112-74(44-46-107)89(109)130)111-93(134)75(42-43-86(126)127)114-102(143)88(58(5)6)123-101(142)81(50-62-21-15-13-16-22-62)117-94(135)76(45-47-108)113-95(136)77(48-57(3)4)116-91(132)61(9)124(10)103(144)84(54-66-32-40-72(41-33-66)106(149)150)122-99(140)80(52-63-26-34-69(35-27-63)68-24-17-14-18-25-68)119-97(138)79(53-65-30-38-71(39-31-65)105(147)148)118-98(139)82(55-67-23-19-20-59(7)49-67)120-100(141)83(56-87(128)129)121-96(137)78(115-90(131)60(8)110-85(125)12-2)51-64-28-36-70(37-29-64)104(145)146/h14,17-20,23-41,49,57-58,60-62,73-84,88H,11-13,15-16,21-22,42-48,50-56,107-108H2,1-10H3,(H2,109,130)(H,110,125)(H,111,134)(H,112,133)(H,113,136)(H,114,143)(H,115,131)(H,116,132)(H,117,135)(H,118,139)(H,119,138)(H,120,141)(H,121,137)(H,122,140)(H,123,142)(H,126,127)(H,128,129)(H,145,146)(H,147,148)(H,149,150)/t60-,61?,73?,74-,75-,76-,77+,78-,79-,80-,81-,82-,83?,84-,88?/m0/s1. The fourth-order valence-corrected chi connectivity index (χ4v) is 16.8. The van der Waals surface area contributed by atoms with Crippen molar-refractivity contribution in [3.05, 3.63) is 202 Å². The van der Waals surface area contributed by atoms with Crippen LogP contribution >= 0.6 is 0 Å². The number of carboxylic acids is 5. The highest BCUT2D eigenvalue weighted by molar-refractivity contribution is 6.02. The molecule has 25 N–H and O–H groups in total. The number of carbonyl (C=O) groups is 21. The largest absolute Gasteiger partial charge is 0.481 e. The van der Waals surface area contributed by atoms with Gasteiger partial charge in [-0.3, -0.25) is 86.3 Å². The number of nitrogens with one attached hydrogen (secondary N) is 14. The minimum Gasteiger partial charge on any atom is -0.481 e. The van der Waals surface area contributed by atoms with Gasteiger partial charge in [-0.05, 0) is 165 Å². The zero-order valence-corrected chi connectivity index (χ0v) is 85.7. The Bertz CT molecular complexity index is 5730. The van der Waals surface area contributed by atoms with Crippen molar-refractivity contribution in [1.82, 2.24) is 79.3 Å². The quantitative estimate of drug-likeness (QED) is 0.0259. The monoisotopic (exact) mass is 2080 g/mol. The third-order valence-corrected chi connectivity index (χ3v) is 25.5. The van der Waals surface area contributed by atoms with Gasteiger partial charge in [-0.2, -0.15) is 0 Å². The van der Waals surface area contributed by atoms with Crippen molar-refractivity contribution in [2.75, 3.05) is 20.1 Å². The van der Waals surface area contributed by atoms with Crippen molar-refractivity contribution in [2.45, 2.75) is 275 Å². The molecule has 4 unspecified atom stereocenters. The smallest absolute Gasteiger partial charge is 0.335 e. The summed E-state index contributed by atoms with van der Waals surface area (Å²) in [5, 5.41) is 86.0. The van der Waals surface area contributed by atoms with Crippen LogP contribution in [0.15, 0.2) is 152 Å². The summed E-state index contributed by atoms with van der Waals surface area (Å²) in [7, 11) is 1.21. The van der Waals surface area contributed by atoms with Gasteiger partial charge < -0.3 is 122 Å². The number of aliphatic carboxylic acids is 2. The van der Waals surface area contributed by atoms with Crippen LogP contribution in [0.1, 0.15) is 210 Å². The second-order valence-corrected chi connectivity index (χ2v) is 38.2. The average molecular weight is 2080 g/mol. The van der Waals surface area contributed by atoms with Crippen molar-refractivity contribution in [1.29, 1.82) is 0 Å². The van der Waals surface area contributed by atoms with Gasteiger partial charge in [0.05, 0.1) is 23.1 Å². The normalized spacial score (nSPS) is 14.8. The minimum absolute atomic E-state index is 0.0276. The topological polar surface area (TPSA) is 709 Å². The molecule has 6 aromatic carbocycles. The SMILES string of the molecule is CCC(=O)N[C@@H](C)C(=O)N[C@@H](Cc1ccc(C(=O)O)cc1)C(=O)NC(CC(=O)O)C(=O)N[C@@H](Cc1cccc(C)c1)C(=O)N[C@@H](Cc1ccc(C(=O)O)cc1)C(=O)N[C@@H](Cc1ccc(-c2ccccc2)cc1)C(=O)N[C@@H](Cc1ccc(C(=O)O)cc1)C(=O)N(C)C(C)C(=O)N[C@H](CC(C)C)C(=O)N[C@@H](CCN)C(=O)N[C@@H](CC1CCCCC1)C(=O)NC(C(=O)N[C@@H](CCC(=O)O)C(=O)NC(CC)C(=O)N[C@@H](CCN)C(N)=O)C(C)C. The van der Waals surface area contributed by atoms with E-state index >= 15 is 24.0 Å². The molecule has 6 aromatic rings. The first-order valence-electron chi connectivity index (χ1n) is 49.9. The molecular weight excluding hydrogens is 1940 g/mol. The van der Waals surface area contributed by atoms with Crippen molar-refractivity contribution in [3.63, 3.8) is 0 Å². The summed E-state index contributed by atoms with van der Waals surface area (Å²) in [6, 6.07) is 14.3. The van der Waals surface area contributed by atoms with Gasteiger partial charge in [0.25, 0.3) is 0 Å². The summed E-state index contributed by atoms with van der Waals surface area (Å²) in [6.07, 6.45) is -1.10. The van der Waals surface area contributed by atoms with Gasteiger partial charge in [0.1, 0.15) is 90.6 Å². The van der Waals surface area contributed by atoms with Crippen LogP contribution < -0.4 is 91.6 Å². The van der Waals surface area contributed by atoms with Crippen LogP contribution in [0.5, 0.6) is 0 Å². The molecule has 16 amide bonds. The molecule has 0 saturated heterocycles. The maximum Gasteiger partial charge on any atom is 0.335 e. The fourth-order valence-electron chi connectivity index (χ4n) is 16.8. The molecule has 150 heavy (non-hydrogen) atoms. The third-order valence-electron chi connectivity index (χ3n) is 25.5. The van der Waals surface area contributed by atoms with Crippen molar-refractivity contribution < 1.29 is 126 Å². The van der Waals surface area contributed by atoms with Crippen LogP contribution in [0.25, 0.3) is 11.1 Å². The van der Waals surface area contributed by atoms with Gasteiger partial charge in [0.15, 0.2) is 0 Å². The zero-order chi connectivity index (χ0) is 111. The molecular formula is C106H140N18O26. The second-order valence-electron chi connectivity index (χ2n) is 38.2. The molecule has 7 rings (SSSR count). The molecule has 1 fully saturated rings. The van der Waals surface area contributed by atoms with E-state index in [2.05, 4.69) is 74.4 Å². The molecule has 1 aliphatic carbocycles. The van der Waals surface area contributed by atoms with E-state index in [-0.39, 0.29) is 96.8 Å². The number of hydrogen-bond donors (Lipinski definition) is 22. The van der Waals surface area contributed by atoms with E-state index in [9.17, 15) is 102 Å². The first-order chi connectivity index (χ1) is 71.1. The number of carbonyl (C=O) groups excluding carboxylic acids is 16. The lowest BCUT2D eigenvalue weighted by molar-refractivity contribution is -0.142. The summed E-state index contributed by atoms with van der Waals surface area (Å²) in [4.78, 5) is 294. The Morgan fingerprint density at radius 1 is 0.360 bits per heavy atom. The number of aromatic carboxylic acids is 3. The summed E-state index contributed by atoms with van der Waals surface area (Å²) in [5.41, 5.74) is 20.4. The number of rotatable bonds is 60. The highest BCUT2D eigenvalue weighted by Crippen LogP contribution is 2.29. The van der Waals surface area contributed by atoms with Gasteiger partial charge in [-0.1, -0.05) is 194 Å². The van der Waals surface area contributed by atoms with Gasteiger partial charge >= 0.3 is 29.8 Å². The maximum atomic E-state index is 15.9. The van der Waals surface area contributed by atoms with Crippen LogP contribution in [0, 0.1) is 24.7 Å². The predicted octanol–water partition coefficient (Wildman–Crippen LogP) is 1.94. The molecule has 1 saturated carbocycles. The molecule has 0 radical (unpaired) electrons. The molecule has 0 spiro atoms. The number of aryl methyl sites for hydroxylation is 1. The number of likely N-dealkylation sites (N-methyl/N-ethyl adjacent to an activating group) is 1. The number of amides is 16. The van der Waals surface area contributed by atoms with Crippen molar-refractivity contribution >= 4 is 124 Å². The van der Waals surface area contributed by atoms with E-state index in [0.717, 1.165) is 35.3 Å². The van der Waals surface area contributed by atoms with E-state index < -0.39 is 272 Å². The summed E-state index contributed by atoms with van der Waals surface area (Å²) < 4.78 is 0. The van der Waals surface area contributed by atoms with Crippen LogP contribution in [0.2, 0.25) is 0 Å². The number of nitrogens with two attached hydrogens (primary N) is 3. The van der Waals surface area contributed by atoms with E-state index in [4.69, 9.17) is 17.2 Å². The number of carboxylic acid groups (broad SMARTS) is 5. The maximum absolute atomic E-state index is 15.9. The molecule has 1 aliphatic rings. The van der Waals surface area contributed by atoms with Gasteiger partial charge in [0, 0.05) is 52.0 Å². The molecule has 15 atom stereocenters. The second kappa shape index (κ2) is 59.8. The highest BCUT2D eigenvalue weighted by atomic mass is 16.4. The first kappa shape index (κ1) is 121. The number of primary amides is 1. The number of nitrogens with zero attached hydrogens (tertiary/aromatic N) is 1. The Balaban J connectivity index is 1.21. The van der Waals surface area contributed by atoms with E-state index in [1.54, 1.807) is 83.1 Å². The average Bonchev–Trinajstić information content (AvgIpc) is 0.793. The molecule has 0 aliphatic heterocycles. The van der Waals surface area contributed by atoms with Crippen molar-refractivity contribution in [3.8, 4) is 11.1 Å². The van der Waals surface area contributed by atoms with Crippen molar-refractivity contribution in [2.24, 2.45) is 35.0 Å². The Labute approximate surface area is 868 Å². The van der Waals surface area contributed by atoms with E-state index in [0.29, 0.717) is 29.5 Å². The summed E-state index contributed by atoms with van der Waals surface area (Å²) in [5.74, 6) is -23.7. The Kier molecular flexibility index (Phi) is 48.3. The van der Waals surface area contributed by atoms with Gasteiger partial charge in [-0.25, -0.2) is 14.4 Å². The molecule has 0 bridgehead atoms. The third kappa shape index (κ3) is 39.1.